The molecule has 3 aromatic carbocycles. The van der Waals surface area contributed by atoms with Crippen molar-refractivity contribution in [3.05, 3.63) is 95.6 Å². The second-order valence-electron chi connectivity index (χ2n) is 7.02. The Balaban J connectivity index is 1.52. The van der Waals surface area contributed by atoms with Crippen LogP contribution in [0.15, 0.2) is 78.9 Å². The van der Waals surface area contributed by atoms with Crippen LogP contribution in [0.1, 0.15) is 21.5 Å². The minimum Gasteiger partial charge on any atom is -0.497 e. The molecular weight excluding hydrogens is 406 g/mol. The molecule has 32 heavy (non-hydrogen) atoms. The van der Waals surface area contributed by atoms with Crippen molar-refractivity contribution in [2.45, 2.75) is 13.0 Å². The zero-order chi connectivity index (χ0) is 22.8. The van der Waals surface area contributed by atoms with E-state index in [9.17, 15) is 14.4 Å². The molecule has 0 aliphatic carbocycles. The summed E-state index contributed by atoms with van der Waals surface area (Å²) in [6.45, 7) is 0.658. The largest absolute Gasteiger partial charge is 0.497 e. The van der Waals surface area contributed by atoms with E-state index in [4.69, 9.17) is 4.74 Å². The molecule has 0 spiro atoms. The second-order valence-corrected chi connectivity index (χ2v) is 7.02. The van der Waals surface area contributed by atoms with Gasteiger partial charge in [0.05, 0.1) is 18.4 Å². The van der Waals surface area contributed by atoms with Crippen LogP contribution in [0.3, 0.4) is 0 Å². The van der Waals surface area contributed by atoms with E-state index in [1.807, 2.05) is 54.6 Å². The predicted octanol–water partition coefficient (Wildman–Crippen LogP) is 2.92. The Morgan fingerprint density at radius 2 is 1.44 bits per heavy atom. The number of benzene rings is 3. The summed E-state index contributed by atoms with van der Waals surface area (Å²) in [4.78, 5) is 37.1. The Morgan fingerprint density at radius 3 is 2.16 bits per heavy atom. The number of carbonyl (C=O) groups excluding carboxylic acids is 3. The highest BCUT2D eigenvalue weighted by molar-refractivity contribution is 6.40. The quantitative estimate of drug-likeness (QED) is 0.478. The molecule has 0 unspecified atom stereocenters. The fraction of sp³-hybridized carbons (Fsp3) is 0.160. The Bertz CT molecular complexity index is 1070. The summed E-state index contributed by atoms with van der Waals surface area (Å²) in [5.41, 5.74) is 2.52. The lowest BCUT2D eigenvalue weighted by Crippen LogP contribution is -2.37. The first-order valence-electron chi connectivity index (χ1n) is 10.2. The smallest absolute Gasteiger partial charge is 0.313 e. The summed E-state index contributed by atoms with van der Waals surface area (Å²) >= 11 is 0. The number of rotatable bonds is 8. The van der Waals surface area contributed by atoms with Gasteiger partial charge in [-0.3, -0.25) is 14.4 Å². The number of carbonyl (C=O) groups is 3. The Morgan fingerprint density at radius 1 is 0.750 bits per heavy atom. The normalized spacial score (nSPS) is 10.2. The van der Waals surface area contributed by atoms with Gasteiger partial charge in [0.15, 0.2) is 0 Å². The van der Waals surface area contributed by atoms with Gasteiger partial charge in [-0.2, -0.15) is 0 Å². The monoisotopic (exact) mass is 431 g/mol. The number of ether oxygens (including phenoxy) is 1. The fourth-order valence-electron chi connectivity index (χ4n) is 3.04. The summed E-state index contributed by atoms with van der Waals surface area (Å²) < 4.78 is 5.11. The van der Waals surface area contributed by atoms with Gasteiger partial charge in [-0.15, -0.1) is 0 Å². The molecule has 3 amide bonds. The number of methoxy groups -OCH3 is 1. The minimum absolute atomic E-state index is 0.272. The summed E-state index contributed by atoms with van der Waals surface area (Å²) in [6, 6.07) is 23.5. The van der Waals surface area contributed by atoms with Gasteiger partial charge >= 0.3 is 11.8 Å². The lowest BCUT2D eigenvalue weighted by Gasteiger charge is -2.12. The summed E-state index contributed by atoms with van der Waals surface area (Å²) in [5.74, 6) is -1.19. The van der Waals surface area contributed by atoms with Crippen molar-refractivity contribution in [1.82, 2.24) is 10.6 Å². The molecule has 0 heterocycles. The average molecular weight is 431 g/mol. The molecule has 0 saturated carbocycles. The van der Waals surface area contributed by atoms with Crippen LogP contribution in [0.2, 0.25) is 0 Å². The van der Waals surface area contributed by atoms with Crippen molar-refractivity contribution in [3.8, 4) is 5.75 Å². The lowest BCUT2D eigenvalue weighted by atomic mass is 10.1. The molecule has 3 rings (SSSR count). The first-order valence-corrected chi connectivity index (χ1v) is 10.2. The molecule has 0 bridgehead atoms. The molecule has 164 valence electrons. The van der Waals surface area contributed by atoms with E-state index in [1.54, 1.807) is 31.4 Å². The van der Waals surface area contributed by atoms with Gasteiger partial charge in [-0.25, -0.2) is 0 Å². The van der Waals surface area contributed by atoms with Crippen LogP contribution in [0.5, 0.6) is 5.75 Å². The van der Waals surface area contributed by atoms with Gasteiger partial charge in [0.1, 0.15) is 5.75 Å². The third kappa shape index (κ3) is 6.43. The maximum Gasteiger partial charge on any atom is 0.313 e. The van der Waals surface area contributed by atoms with Gasteiger partial charge in [-0.1, -0.05) is 54.6 Å². The van der Waals surface area contributed by atoms with E-state index >= 15 is 0 Å². The first-order chi connectivity index (χ1) is 15.6. The van der Waals surface area contributed by atoms with Crippen LogP contribution in [0.25, 0.3) is 0 Å². The van der Waals surface area contributed by atoms with Crippen molar-refractivity contribution in [1.29, 1.82) is 0 Å². The number of hydrogen-bond donors (Lipinski definition) is 3. The third-order valence-corrected chi connectivity index (χ3v) is 4.78. The number of para-hydroxylation sites is 1. The lowest BCUT2D eigenvalue weighted by molar-refractivity contribution is -0.136. The van der Waals surface area contributed by atoms with Crippen LogP contribution in [0.4, 0.5) is 5.69 Å². The Hall–Kier alpha value is -4.13. The van der Waals surface area contributed by atoms with Crippen molar-refractivity contribution < 1.29 is 19.1 Å². The van der Waals surface area contributed by atoms with Gasteiger partial charge in [0.2, 0.25) is 0 Å². The highest BCUT2D eigenvalue weighted by Gasteiger charge is 2.17. The van der Waals surface area contributed by atoms with Crippen molar-refractivity contribution in [2.24, 2.45) is 0 Å². The fourth-order valence-corrected chi connectivity index (χ4v) is 3.04. The Kier molecular flexibility index (Phi) is 7.97. The molecule has 7 nitrogen and oxygen atoms in total. The van der Waals surface area contributed by atoms with Gasteiger partial charge < -0.3 is 20.7 Å². The van der Waals surface area contributed by atoms with Gasteiger partial charge in [0.25, 0.3) is 5.91 Å². The number of hydrogen-bond acceptors (Lipinski definition) is 4. The zero-order valence-corrected chi connectivity index (χ0v) is 17.8. The maximum absolute atomic E-state index is 12.6. The molecule has 0 saturated heterocycles. The third-order valence-electron chi connectivity index (χ3n) is 4.78. The standard InChI is InChI=1S/C25H25N3O4/c1-32-20-13-11-18(12-14-20)15-16-26-24(30)25(31)28-22-10-6-5-9-21(22)23(29)27-17-19-7-3-2-4-8-19/h2-14H,15-17H2,1H3,(H,26,30)(H,27,29)(H,28,31). The van der Waals surface area contributed by atoms with E-state index in [1.165, 1.54) is 0 Å². The molecular formula is C25H25N3O4. The van der Waals surface area contributed by atoms with Gasteiger partial charge in [-0.05, 0) is 41.8 Å². The molecule has 0 aromatic heterocycles. The summed E-state index contributed by atoms with van der Waals surface area (Å²) in [5, 5.41) is 7.94. The van der Waals surface area contributed by atoms with E-state index in [2.05, 4.69) is 16.0 Å². The topological polar surface area (TPSA) is 96.5 Å². The van der Waals surface area contributed by atoms with Crippen LogP contribution in [0, 0.1) is 0 Å². The highest BCUT2D eigenvalue weighted by atomic mass is 16.5. The van der Waals surface area contributed by atoms with Crippen LogP contribution in [-0.2, 0) is 22.6 Å². The molecule has 7 heteroatoms. The van der Waals surface area contributed by atoms with E-state index in [0.717, 1.165) is 16.9 Å². The number of nitrogens with one attached hydrogen (secondary N) is 3. The van der Waals surface area contributed by atoms with E-state index in [-0.39, 0.29) is 17.2 Å². The summed E-state index contributed by atoms with van der Waals surface area (Å²) in [6.07, 6.45) is 0.571. The van der Waals surface area contributed by atoms with Crippen LogP contribution in [-0.4, -0.2) is 31.4 Å². The van der Waals surface area contributed by atoms with E-state index in [0.29, 0.717) is 19.5 Å². The molecule has 0 atom stereocenters. The van der Waals surface area contributed by atoms with E-state index < -0.39 is 11.8 Å². The minimum atomic E-state index is -0.831. The average Bonchev–Trinajstić information content (AvgIpc) is 2.84. The second kappa shape index (κ2) is 11.3. The molecule has 0 radical (unpaired) electrons. The van der Waals surface area contributed by atoms with Crippen molar-refractivity contribution in [2.75, 3.05) is 19.0 Å². The number of amides is 3. The van der Waals surface area contributed by atoms with Crippen molar-refractivity contribution >= 4 is 23.4 Å². The van der Waals surface area contributed by atoms with Crippen molar-refractivity contribution in [3.63, 3.8) is 0 Å². The molecule has 3 aromatic rings. The SMILES string of the molecule is COc1ccc(CCNC(=O)C(=O)Nc2ccccc2C(=O)NCc2ccccc2)cc1. The predicted molar refractivity (Wildman–Crippen MR) is 122 cm³/mol. The van der Waals surface area contributed by atoms with Crippen LogP contribution >= 0.6 is 0 Å². The molecule has 3 N–H and O–H groups in total. The zero-order valence-electron chi connectivity index (χ0n) is 17.8. The van der Waals surface area contributed by atoms with Gasteiger partial charge in [0, 0.05) is 13.1 Å². The molecule has 0 aliphatic heterocycles. The highest BCUT2D eigenvalue weighted by Crippen LogP contribution is 2.15. The summed E-state index contributed by atoms with van der Waals surface area (Å²) in [7, 11) is 1.60. The van der Waals surface area contributed by atoms with Crippen LogP contribution < -0.4 is 20.7 Å². The Labute approximate surface area is 186 Å². The maximum atomic E-state index is 12.6. The molecule has 0 aliphatic rings. The first kappa shape index (κ1) is 22.6. The number of anilines is 1. The molecule has 0 fully saturated rings.